The Morgan fingerprint density at radius 2 is 1.81 bits per heavy atom. The number of para-hydroxylation sites is 1. The highest BCUT2D eigenvalue weighted by Crippen LogP contribution is 2.21. The van der Waals surface area contributed by atoms with Crippen LogP contribution in [0, 0.1) is 25.5 Å². The van der Waals surface area contributed by atoms with E-state index in [1.165, 1.54) is 18.2 Å². The molecular formula is C23H20F2N4O3. The molecule has 4 aromatic rings. The molecule has 0 bridgehead atoms. The van der Waals surface area contributed by atoms with Crippen molar-refractivity contribution in [1.29, 1.82) is 0 Å². The van der Waals surface area contributed by atoms with E-state index < -0.39 is 11.7 Å². The maximum atomic E-state index is 13.9. The van der Waals surface area contributed by atoms with E-state index in [1.54, 1.807) is 54.9 Å². The predicted molar refractivity (Wildman–Crippen MR) is 112 cm³/mol. The van der Waals surface area contributed by atoms with Gasteiger partial charge in [0.15, 0.2) is 23.1 Å². The second kappa shape index (κ2) is 9.01. The molecule has 0 radical (unpaired) electrons. The summed E-state index contributed by atoms with van der Waals surface area (Å²) in [5, 5.41) is 10.8. The maximum absolute atomic E-state index is 13.9. The zero-order valence-electron chi connectivity index (χ0n) is 17.4. The Balaban J connectivity index is 1.48. The Kier molecular flexibility index (Phi) is 5.98. The van der Waals surface area contributed by atoms with Gasteiger partial charge in [0.05, 0.1) is 12.1 Å². The van der Waals surface area contributed by atoms with Crippen molar-refractivity contribution in [3.63, 3.8) is 0 Å². The van der Waals surface area contributed by atoms with E-state index in [4.69, 9.17) is 9.26 Å². The van der Waals surface area contributed by atoms with Crippen LogP contribution < -0.4 is 10.1 Å². The summed E-state index contributed by atoms with van der Waals surface area (Å²) in [6, 6.07) is 14.1. The fraction of sp³-hybridized carbons (Fsp3) is 0.174. The molecule has 1 N–H and O–H groups in total. The number of nitrogens with one attached hydrogen (secondary N) is 1. The molecule has 0 saturated carbocycles. The molecule has 7 nitrogen and oxygen atoms in total. The van der Waals surface area contributed by atoms with Gasteiger partial charge in [-0.3, -0.25) is 9.48 Å². The molecule has 2 heterocycles. The van der Waals surface area contributed by atoms with Gasteiger partial charge < -0.3 is 14.6 Å². The molecular weight excluding hydrogens is 418 g/mol. The molecule has 2 aromatic carbocycles. The Hall–Kier alpha value is -4.01. The number of aryl methyl sites for hydroxylation is 2. The summed E-state index contributed by atoms with van der Waals surface area (Å²) in [4.78, 5) is 12.8. The van der Waals surface area contributed by atoms with Crippen LogP contribution in [0.2, 0.25) is 0 Å². The Bertz CT molecular complexity index is 1270. The van der Waals surface area contributed by atoms with Crippen LogP contribution in [-0.2, 0) is 13.2 Å². The van der Waals surface area contributed by atoms with Gasteiger partial charge in [-0.25, -0.2) is 8.78 Å². The minimum absolute atomic E-state index is 0.0140. The van der Waals surface area contributed by atoms with Crippen LogP contribution in [-0.4, -0.2) is 20.8 Å². The Morgan fingerprint density at radius 1 is 1.09 bits per heavy atom. The molecule has 2 aromatic heterocycles. The van der Waals surface area contributed by atoms with Crippen molar-refractivity contribution >= 4 is 11.7 Å². The molecule has 0 spiro atoms. The third-order valence-corrected chi connectivity index (χ3v) is 4.91. The highest BCUT2D eigenvalue weighted by molar-refractivity contribution is 6.03. The topological polar surface area (TPSA) is 82.2 Å². The highest BCUT2D eigenvalue weighted by atomic mass is 19.1. The molecule has 0 atom stereocenters. The molecule has 0 saturated heterocycles. The van der Waals surface area contributed by atoms with Crippen molar-refractivity contribution in [2.75, 3.05) is 5.32 Å². The molecule has 9 heteroatoms. The lowest BCUT2D eigenvalue weighted by atomic mass is 10.2. The number of aromatic nitrogens is 3. The minimum Gasteiger partial charge on any atom is -0.486 e. The predicted octanol–water partition coefficient (Wildman–Crippen LogP) is 4.65. The molecule has 0 aliphatic rings. The number of anilines is 1. The van der Waals surface area contributed by atoms with Crippen LogP contribution in [0.25, 0.3) is 0 Å². The third kappa shape index (κ3) is 4.51. The largest absolute Gasteiger partial charge is 0.486 e. The van der Waals surface area contributed by atoms with Crippen molar-refractivity contribution in [3.05, 3.63) is 94.5 Å². The molecule has 164 valence electrons. The van der Waals surface area contributed by atoms with Crippen LogP contribution in [0.5, 0.6) is 5.75 Å². The number of carbonyl (C=O) groups excluding carboxylic acids is 1. The SMILES string of the molecule is Cc1onc(C(=O)Nc2cc(C)n(Cc3ccccc3F)n2)c1COc1ccccc1F. The van der Waals surface area contributed by atoms with Crippen molar-refractivity contribution in [1.82, 2.24) is 14.9 Å². The van der Waals surface area contributed by atoms with Crippen molar-refractivity contribution in [2.24, 2.45) is 0 Å². The fourth-order valence-corrected chi connectivity index (χ4v) is 3.15. The standard InChI is InChI=1S/C23H20F2N4O3/c1-14-11-21(27-29(14)12-16-7-3-4-8-18(16)24)26-23(30)22-17(15(2)32-28-22)13-31-20-10-6-5-9-19(20)25/h3-11H,12-13H2,1-2H3,(H,26,27,30). The van der Waals surface area contributed by atoms with Crippen LogP contribution in [0.15, 0.2) is 59.1 Å². The summed E-state index contributed by atoms with van der Waals surface area (Å²) in [7, 11) is 0. The lowest BCUT2D eigenvalue weighted by molar-refractivity contribution is 0.101. The second-order valence-electron chi connectivity index (χ2n) is 7.16. The number of benzene rings is 2. The molecule has 4 rings (SSSR count). The molecule has 32 heavy (non-hydrogen) atoms. The molecule has 0 aliphatic carbocycles. The number of nitrogens with zero attached hydrogens (tertiary/aromatic N) is 3. The molecule has 0 aliphatic heterocycles. The van der Waals surface area contributed by atoms with E-state index in [-0.39, 0.29) is 36.2 Å². The smallest absolute Gasteiger partial charge is 0.279 e. The van der Waals surface area contributed by atoms with Crippen LogP contribution in [0.4, 0.5) is 14.6 Å². The van der Waals surface area contributed by atoms with Crippen molar-refractivity contribution < 1.29 is 22.8 Å². The van der Waals surface area contributed by atoms with Crippen LogP contribution in [0.1, 0.15) is 33.1 Å². The summed E-state index contributed by atoms with van der Waals surface area (Å²) >= 11 is 0. The first-order chi connectivity index (χ1) is 15.4. The van der Waals surface area contributed by atoms with Gasteiger partial charge in [0, 0.05) is 17.3 Å². The zero-order chi connectivity index (χ0) is 22.7. The number of carbonyl (C=O) groups is 1. The average Bonchev–Trinajstić information content (AvgIpc) is 3.31. The number of halogens is 2. The van der Waals surface area contributed by atoms with E-state index >= 15 is 0 Å². The quantitative estimate of drug-likeness (QED) is 0.454. The summed E-state index contributed by atoms with van der Waals surface area (Å²) in [5.74, 6) is -0.668. The number of ether oxygens (including phenoxy) is 1. The normalized spacial score (nSPS) is 10.9. The van der Waals surface area contributed by atoms with Crippen molar-refractivity contribution in [3.8, 4) is 5.75 Å². The van der Waals surface area contributed by atoms with E-state index in [2.05, 4.69) is 15.6 Å². The van der Waals surface area contributed by atoms with Crippen LogP contribution >= 0.6 is 0 Å². The van der Waals surface area contributed by atoms with Gasteiger partial charge in [-0.2, -0.15) is 5.10 Å². The summed E-state index contributed by atoms with van der Waals surface area (Å²) in [6.07, 6.45) is 0. The maximum Gasteiger partial charge on any atom is 0.279 e. The summed E-state index contributed by atoms with van der Waals surface area (Å²) < 4.78 is 40.0. The Morgan fingerprint density at radius 3 is 2.56 bits per heavy atom. The first-order valence-electron chi connectivity index (χ1n) is 9.84. The fourth-order valence-electron chi connectivity index (χ4n) is 3.15. The van der Waals surface area contributed by atoms with Gasteiger partial charge in [0.1, 0.15) is 18.2 Å². The van der Waals surface area contributed by atoms with Gasteiger partial charge in [0.25, 0.3) is 5.91 Å². The van der Waals surface area contributed by atoms with E-state index in [0.29, 0.717) is 16.9 Å². The van der Waals surface area contributed by atoms with Gasteiger partial charge >= 0.3 is 0 Å². The zero-order valence-corrected chi connectivity index (χ0v) is 17.4. The average molecular weight is 438 g/mol. The number of hydrogen-bond donors (Lipinski definition) is 1. The number of amides is 1. The van der Waals surface area contributed by atoms with E-state index in [0.717, 1.165) is 5.69 Å². The minimum atomic E-state index is -0.551. The van der Waals surface area contributed by atoms with E-state index in [9.17, 15) is 13.6 Å². The first-order valence-corrected chi connectivity index (χ1v) is 9.84. The van der Waals surface area contributed by atoms with E-state index in [1.807, 2.05) is 0 Å². The van der Waals surface area contributed by atoms with Gasteiger partial charge in [-0.15, -0.1) is 0 Å². The molecule has 0 unspecified atom stereocenters. The first kappa shape index (κ1) is 21.2. The lowest BCUT2D eigenvalue weighted by Crippen LogP contribution is -2.16. The second-order valence-corrected chi connectivity index (χ2v) is 7.16. The van der Waals surface area contributed by atoms with Gasteiger partial charge in [-0.05, 0) is 32.0 Å². The lowest BCUT2D eigenvalue weighted by Gasteiger charge is -2.07. The summed E-state index contributed by atoms with van der Waals surface area (Å²) in [5.41, 5.74) is 1.63. The third-order valence-electron chi connectivity index (χ3n) is 4.91. The van der Waals surface area contributed by atoms with Gasteiger partial charge in [-0.1, -0.05) is 35.5 Å². The summed E-state index contributed by atoms with van der Waals surface area (Å²) in [6.45, 7) is 3.56. The number of hydrogen-bond acceptors (Lipinski definition) is 5. The Labute approximate surface area is 182 Å². The van der Waals surface area contributed by atoms with Crippen molar-refractivity contribution in [2.45, 2.75) is 27.0 Å². The number of rotatable bonds is 7. The van der Waals surface area contributed by atoms with Crippen LogP contribution in [0.3, 0.4) is 0 Å². The molecule has 0 fully saturated rings. The van der Waals surface area contributed by atoms with Gasteiger partial charge in [0.2, 0.25) is 0 Å². The molecule has 1 amide bonds. The highest BCUT2D eigenvalue weighted by Gasteiger charge is 2.22. The monoisotopic (exact) mass is 438 g/mol.